The largest absolute Gasteiger partial charge is 0.494 e. The summed E-state index contributed by atoms with van der Waals surface area (Å²) in [5.74, 6) is 0.818. The predicted molar refractivity (Wildman–Crippen MR) is 93.2 cm³/mol. The van der Waals surface area contributed by atoms with Gasteiger partial charge in [-0.15, -0.1) is 0 Å². The van der Waals surface area contributed by atoms with Crippen molar-refractivity contribution < 1.29 is 4.74 Å². The highest BCUT2D eigenvalue weighted by atomic mass is 79.9. The molecule has 2 N–H and O–H groups in total. The van der Waals surface area contributed by atoms with E-state index in [1.54, 1.807) is 0 Å². The standard InChI is InChI=1S/C15H14Br3NO/c1-2-20-14-6-4-9(16)7-12(14)15(19)11-5-3-10(17)8-13(11)18/h3-8,15H,2,19H2,1H3. The molecule has 2 nitrogen and oxygen atoms in total. The zero-order chi connectivity index (χ0) is 14.7. The molecule has 0 spiro atoms. The van der Waals surface area contributed by atoms with E-state index in [9.17, 15) is 0 Å². The highest BCUT2D eigenvalue weighted by Gasteiger charge is 2.17. The molecule has 106 valence electrons. The van der Waals surface area contributed by atoms with Crippen LogP contribution < -0.4 is 10.5 Å². The summed E-state index contributed by atoms with van der Waals surface area (Å²) in [4.78, 5) is 0. The number of hydrogen-bond acceptors (Lipinski definition) is 2. The van der Waals surface area contributed by atoms with Crippen LogP contribution in [0, 0.1) is 0 Å². The summed E-state index contributed by atoms with van der Waals surface area (Å²) in [5, 5.41) is 0. The minimum absolute atomic E-state index is 0.253. The summed E-state index contributed by atoms with van der Waals surface area (Å²) in [5.41, 5.74) is 8.40. The lowest BCUT2D eigenvalue weighted by atomic mass is 9.99. The Balaban J connectivity index is 2.46. The smallest absolute Gasteiger partial charge is 0.124 e. The van der Waals surface area contributed by atoms with Gasteiger partial charge in [-0.3, -0.25) is 0 Å². The van der Waals surface area contributed by atoms with Crippen LogP contribution in [0.1, 0.15) is 24.1 Å². The molecule has 0 fully saturated rings. The van der Waals surface area contributed by atoms with E-state index in [2.05, 4.69) is 47.8 Å². The van der Waals surface area contributed by atoms with Gasteiger partial charge in [-0.1, -0.05) is 53.9 Å². The Morgan fingerprint density at radius 2 is 1.65 bits per heavy atom. The van der Waals surface area contributed by atoms with Crippen LogP contribution in [0.4, 0.5) is 0 Å². The monoisotopic (exact) mass is 461 g/mol. The second kappa shape index (κ2) is 7.07. The van der Waals surface area contributed by atoms with Gasteiger partial charge in [0.25, 0.3) is 0 Å². The molecule has 0 aliphatic rings. The summed E-state index contributed by atoms with van der Waals surface area (Å²) < 4.78 is 8.65. The van der Waals surface area contributed by atoms with Gasteiger partial charge in [0.05, 0.1) is 12.6 Å². The van der Waals surface area contributed by atoms with Gasteiger partial charge >= 0.3 is 0 Å². The van der Waals surface area contributed by atoms with E-state index in [1.165, 1.54) is 0 Å². The van der Waals surface area contributed by atoms with Gasteiger partial charge in [0.1, 0.15) is 5.75 Å². The molecule has 0 aliphatic heterocycles. The molecule has 0 heterocycles. The third-order valence-corrected chi connectivity index (χ3v) is 4.58. The second-order valence-corrected chi connectivity index (χ2v) is 6.94. The molecule has 5 heteroatoms. The van der Waals surface area contributed by atoms with E-state index >= 15 is 0 Å². The van der Waals surface area contributed by atoms with Gasteiger partial charge in [0, 0.05) is 19.0 Å². The fourth-order valence-corrected chi connectivity index (χ4v) is 3.64. The number of ether oxygens (including phenoxy) is 1. The molecule has 20 heavy (non-hydrogen) atoms. The maximum absolute atomic E-state index is 6.42. The van der Waals surface area contributed by atoms with Crippen LogP contribution in [-0.2, 0) is 0 Å². The van der Waals surface area contributed by atoms with Crippen molar-refractivity contribution in [1.82, 2.24) is 0 Å². The Morgan fingerprint density at radius 3 is 2.30 bits per heavy atom. The third-order valence-electron chi connectivity index (χ3n) is 2.90. The molecule has 0 bridgehead atoms. The SMILES string of the molecule is CCOc1ccc(Br)cc1C(N)c1ccc(Br)cc1Br. The molecule has 0 saturated carbocycles. The number of benzene rings is 2. The minimum atomic E-state index is -0.253. The highest BCUT2D eigenvalue weighted by molar-refractivity contribution is 9.11. The molecule has 0 aromatic heterocycles. The zero-order valence-electron chi connectivity index (χ0n) is 10.9. The molecule has 0 saturated heterocycles. The number of hydrogen-bond donors (Lipinski definition) is 1. The first-order valence-corrected chi connectivity index (χ1v) is 8.53. The summed E-state index contributed by atoms with van der Waals surface area (Å²) in [6.07, 6.45) is 0. The summed E-state index contributed by atoms with van der Waals surface area (Å²) in [6.45, 7) is 2.58. The van der Waals surface area contributed by atoms with Crippen LogP contribution in [0.3, 0.4) is 0 Å². The third kappa shape index (κ3) is 3.64. The van der Waals surface area contributed by atoms with Crippen LogP contribution >= 0.6 is 47.8 Å². The summed E-state index contributed by atoms with van der Waals surface area (Å²) in [6, 6.07) is 11.6. The molecule has 0 aliphatic carbocycles. The molecule has 0 amide bonds. The zero-order valence-corrected chi connectivity index (χ0v) is 15.6. The number of nitrogens with two attached hydrogens (primary N) is 1. The quantitative estimate of drug-likeness (QED) is 0.657. The van der Waals surface area contributed by atoms with Gasteiger partial charge < -0.3 is 10.5 Å². The summed E-state index contributed by atoms with van der Waals surface area (Å²) >= 11 is 10.5. The fraction of sp³-hybridized carbons (Fsp3) is 0.200. The molecule has 2 aromatic rings. The number of halogens is 3. The molecule has 1 atom stereocenters. The van der Waals surface area contributed by atoms with Crippen LogP contribution in [0.2, 0.25) is 0 Å². The molecule has 2 aromatic carbocycles. The maximum Gasteiger partial charge on any atom is 0.124 e. The van der Waals surface area contributed by atoms with Crippen LogP contribution in [0.25, 0.3) is 0 Å². The Morgan fingerprint density at radius 1 is 1.00 bits per heavy atom. The van der Waals surface area contributed by atoms with E-state index < -0.39 is 0 Å². The van der Waals surface area contributed by atoms with E-state index in [0.717, 1.165) is 30.3 Å². The van der Waals surface area contributed by atoms with E-state index in [-0.39, 0.29) is 6.04 Å². The van der Waals surface area contributed by atoms with Crippen molar-refractivity contribution in [2.24, 2.45) is 5.73 Å². The van der Waals surface area contributed by atoms with Crippen molar-refractivity contribution >= 4 is 47.8 Å². The van der Waals surface area contributed by atoms with Crippen LogP contribution in [-0.4, -0.2) is 6.61 Å². The first kappa shape index (κ1) is 16.0. The van der Waals surface area contributed by atoms with Gasteiger partial charge in [0.15, 0.2) is 0 Å². The topological polar surface area (TPSA) is 35.2 Å². The van der Waals surface area contributed by atoms with Crippen molar-refractivity contribution in [3.63, 3.8) is 0 Å². The fourth-order valence-electron chi connectivity index (χ4n) is 1.97. The highest BCUT2D eigenvalue weighted by Crippen LogP contribution is 2.35. The van der Waals surface area contributed by atoms with Crippen molar-refractivity contribution in [3.8, 4) is 5.75 Å². The van der Waals surface area contributed by atoms with Crippen LogP contribution in [0.5, 0.6) is 5.75 Å². The van der Waals surface area contributed by atoms with Gasteiger partial charge in [-0.05, 0) is 42.8 Å². The van der Waals surface area contributed by atoms with E-state index in [4.69, 9.17) is 10.5 Å². The maximum atomic E-state index is 6.42. The molecule has 2 rings (SSSR count). The van der Waals surface area contributed by atoms with Crippen molar-refractivity contribution in [2.45, 2.75) is 13.0 Å². The van der Waals surface area contributed by atoms with Gasteiger partial charge in [-0.25, -0.2) is 0 Å². The van der Waals surface area contributed by atoms with Crippen LogP contribution in [0.15, 0.2) is 49.8 Å². The van der Waals surface area contributed by atoms with Gasteiger partial charge in [0.2, 0.25) is 0 Å². The first-order chi connectivity index (χ1) is 9.52. The Labute approximate surface area is 144 Å². The molecular formula is C15H14Br3NO. The summed E-state index contributed by atoms with van der Waals surface area (Å²) in [7, 11) is 0. The molecular weight excluding hydrogens is 450 g/mol. The lowest BCUT2D eigenvalue weighted by Gasteiger charge is -2.18. The van der Waals surface area contributed by atoms with Gasteiger partial charge in [-0.2, -0.15) is 0 Å². The minimum Gasteiger partial charge on any atom is -0.494 e. The number of rotatable bonds is 4. The van der Waals surface area contributed by atoms with E-state index in [1.807, 2.05) is 43.3 Å². The average Bonchev–Trinajstić information content (AvgIpc) is 2.40. The lowest BCUT2D eigenvalue weighted by Crippen LogP contribution is -2.14. The van der Waals surface area contributed by atoms with Crippen molar-refractivity contribution in [2.75, 3.05) is 6.61 Å². The van der Waals surface area contributed by atoms with Crippen molar-refractivity contribution in [3.05, 3.63) is 60.9 Å². The van der Waals surface area contributed by atoms with E-state index in [0.29, 0.717) is 6.61 Å². The van der Waals surface area contributed by atoms with Crippen molar-refractivity contribution in [1.29, 1.82) is 0 Å². The second-order valence-electron chi connectivity index (χ2n) is 4.26. The normalized spacial score (nSPS) is 12.2. The molecule has 0 radical (unpaired) electrons. The Kier molecular flexibility index (Phi) is 5.66. The Hall–Kier alpha value is -0.360. The average molecular weight is 464 g/mol. The Bertz CT molecular complexity index is 616. The first-order valence-electron chi connectivity index (χ1n) is 6.15. The predicted octanol–water partition coefficient (Wildman–Crippen LogP) is 5.42. The molecule has 1 unspecified atom stereocenters. The lowest BCUT2D eigenvalue weighted by molar-refractivity contribution is 0.335.